The first-order chi connectivity index (χ1) is 12.8. The van der Waals surface area contributed by atoms with Crippen LogP contribution in [0.5, 0.6) is 0 Å². The Bertz CT molecular complexity index is 783. The smallest absolute Gasteiger partial charge is 0.240 e. The standard InChI is InChI=1S/C19H27N3O4S/c1-14(2)17(21-11-3-4-12-21)13-20-27(25,26)16-7-5-15(6-8-16)22-18(23)9-10-19(22)24/h5-8,14,17,20H,3-4,9-13H2,1-2H3. The Labute approximate surface area is 160 Å². The van der Waals surface area contributed by atoms with Crippen molar-refractivity contribution in [3.05, 3.63) is 24.3 Å². The topological polar surface area (TPSA) is 86.8 Å². The molecule has 1 atom stereocenters. The Morgan fingerprint density at radius 1 is 1.00 bits per heavy atom. The Balaban J connectivity index is 1.69. The third-order valence-electron chi connectivity index (χ3n) is 5.32. The minimum absolute atomic E-state index is 0.134. The molecule has 1 aromatic carbocycles. The highest BCUT2D eigenvalue weighted by atomic mass is 32.2. The van der Waals surface area contributed by atoms with Gasteiger partial charge in [0.15, 0.2) is 0 Å². The summed E-state index contributed by atoms with van der Waals surface area (Å²) in [5.41, 5.74) is 0.415. The first-order valence-electron chi connectivity index (χ1n) is 9.49. The first kappa shape index (κ1) is 20.0. The number of benzene rings is 1. The molecular weight excluding hydrogens is 366 g/mol. The third-order valence-corrected chi connectivity index (χ3v) is 6.76. The number of sulfonamides is 1. The number of carbonyl (C=O) groups is 2. The van der Waals surface area contributed by atoms with Crippen molar-refractivity contribution in [2.45, 2.75) is 50.5 Å². The van der Waals surface area contributed by atoms with Crippen molar-refractivity contribution < 1.29 is 18.0 Å². The number of likely N-dealkylation sites (tertiary alicyclic amines) is 1. The van der Waals surface area contributed by atoms with E-state index in [-0.39, 0.29) is 35.6 Å². The van der Waals surface area contributed by atoms with E-state index >= 15 is 0 Å². The molecule has 2 saturated heterocycles. The molecule has 3 rings (SSSR count). The highest BCUT2D eigenvalue weighted by Gasteiger charge is 2.31. The summed E-state index contributed by atoms with van der Waals surface area (Å²) in [4.78, 5) is 27.2. The van der Waals surface area contributed by atoms with Crippen molar-refractivity contribution in [3.8, 4) is 0 Å². The number of hydrogen-bond donors (Lipinski definition) is 1. The maximum absolute atomic E-state index is 12.7. The molecule has 1 unspecified atom stereocenters. The van der Waals surface area contributed by atoms with E-state index in [1.807, 2.05) is 0 Å². The zero-order valence-corrected chi connectivity index (χ0v) is 16.7. The lowest BCUT2D eigenvalue weighted by Gasteiger charge is -2.30. The van der Waals surface area contributed by atoms with Crippen LogP contribution in [0.4, 0.5) is 5.69 Å². The van der Waals surface area contributed by atoms with Crippen LogP contribution in [-0.2, 0) is 19.6 Å². The summed E-state index contributed by atoms with van der Waals surface area (Å²) < 4.78 is 28.0. The monoisotopic (exact) mass is 393 g/mol. The third kappa shape index (κ3) is 4.39. The predicted octanol–water partition coefficient (Wildman–Crippen LogP) is 1.74. The molecule has 1 N–H and O–H groups in total. The van der Waals surface area contributed by atoms with E-state index < -0.39 is 10.0 Å². The van der Waals surface area contributed by atoms with Gasteiger partial charge in [0.1, 0.15) is 0 Å². The van der Waals surface area contributed by atoms with Gasteiger partial charge in [0.25, 0.3) is 0 Å². The zero-order valence-electron chi connectivity index (χ0n) is 15.8. The maximum Gasteiger partial charge on any atom is 0.240 e. The second kappa shape index (κ2) is 8.08. The lowest BCUT2D eigenvalue weighted by atomic mass is 10.0. The highest BCUT2D eigenvalue weighted by molar-refractivity contribution is 7.89. The van der Waals surface area contributed by atoms with Crippen molar-refractivity contribution >= 4 is 27.5 Å². The van der Waals surface area contributed by atoms with Crippen LogP contribution >= 0.6 is 0 Å². The van der Waals surface area contributed by atoms with E-state index in [1.54, 1.807) is 0 Å². The lowest BCUT2D eigenvalue weighted by molar-refractivity contribution is -0.121. The normalized spacial score (nSPS) is 20.0. The number of nitrogens with one attached hydrogen (secondary N) is 1. The Morgan fingerprint density at radius 3 is 2.07 bits per heavy atom. The van der Waals surface area contributed by atoms with Crippen molar-refractivity contribution in [2.75, 3.05) is 24.5 Å². The summed E-state index contributed by atoms with van der Waals surface area (Å²) in [7, 11) is -3.65. The predicted molar refractivity (Wildman–Crippen MR) is 103 cm³/mol. The molecule has 27 heavy (non-hydrogen) atoms. The van der Waals surface area contributed by atoms with Gasteiger partial charge in [0.05, 0.1) is 10.6 Å². The van der Waals surface area contributed by atoms with Gasteiger partial charge >= 0.3 is 0 Å². The number of carbonyl (C=O) groups excluding carboxylic acids is 2. The quantitative estimate of drug-likeness (QED) is 0.713. The lowest BCUT2D eigenvalue weighted by Crippen LogP contribution is -2.45. The first-order valence-corrected chi connectivity index (χ1v) is 11.0. The molecule has 0 spiro atoms. The number of amides is 2. The van der Waals surface area contributed by atoms with Gasteiger partial charge in [-0.2, -0.15) is 0 Å². The number of hydrogen-bond acceptors (Lipinski definition) is 5. The van der Waals surface area contributed by atoms with E-state index in [0.717, 1.165) is 30.8 Å². The SMILES string of the molecule is CC(C)C(CNS(=O)(=O)c1ccc(N2C(=O)CCC2=O)cc1)N1CCCC1. The van der Waals surface area contributed by atoms with E-state index in [1.165, 1.54) is 24.3 Å². The van der Waals surface area contributed by atoms with Crippen molar-refractivity contribution in [3.63, 3.8) is 0 Å². The molecule has 2 heterocycles. The van der Waals surface area contributed by atoms with Crippen molar-refractivity contribution in [1.82, 2.24) is 9.62 Å². The minimum Gasteiger partial charge on any atom is -0.299 e. The fraction of sp³-hybridized carbons (Fsp3) is 0.579. The van der Waals surface area contributed by atoms with Crippen LogP contribution in [-0.4, -0.2) is 50.8 Å². The number of rotatable bonds is 7. The summed E-state index contributed by atoms with van der Waals surface area (Å²) >= 11 is 0. The highest BCUT2D eigenvalue weighted by Crippen LogP contribution is 2.24. The molecule has 0 aliphatic carbocycles. The van der Waals surface area contributed by atoms with Gasteiger partial charge in [-0.3, -0.25) is 19.4 Å². The van der Waals surface area contributed by atoms with E-state index in [4.69, 9.17) is 0 Å². The average molecular weight is 394 g/mol. The molecule has 2 aliphatic heterocycles. The summed E-state index contributed by atoms with van der Waals surface area (Å²) in [6.07, 6.45) is 2.72. The molecule has 0 aromatic heterocycles. The number of anilines is 1. The minimum atomic E-state index is -3.65. The van der Waals surface area contributed by atoms with Gasteiger partial charge in [-0.25, -0.2) is 13.1 Å². The Kier molecular flexibility index (Phi) is 5.98. The van der Waals surface area contributed by atoms with E-state index in [0.29, 0.717) is 18.2 Å². The van der Waals surface area contributed by atoms with Gasteiger partial charge < -0.3 is 0 Å². The van der Waals surface area contributed by atoms with E-state index in [9.17, 15) is 18.0 Å². The molecule has 0 bridgehead atoms. The summed E-state index contributed by atoms with van der Waals surface area (Å²) in [5.74, 6) is -0.154. The zero-order chi connectivity index (χ0) is 19.6. The molecular formula is C19H27N3O4S. The van der Waals surface area contributed by atoms with Crippen LogP contribution in [0.15, 0.2) is 29.2 Å². The molecule has 7 nitrogen and oxygen atoms in total. The molecule has 8 heteroatoms. The van der Waals surface area contributed by atoms with Crippen LogP contribution in [0.3, 0.4) is 0 Å². The second-order valence-corrected chi connectivity index (χ2v) is 9.29. The van der Waals surface area contributed by atoms with Crippen molar-refractivity contribution in [1.29, 1.82) is 0 Å². The Morgan fingerprint density at radius 2 is 1.56 bits per heavy atom. The Hall–Kier alpha value is -1.77. The second-order valence-electron chi connectivity index (χ2n) is 7.52. The maximum atomic E-state index is 12.7. The van der Waals surface area contributed by atoms with Crippen LogP contribution in [0, 0.1) is 5.92 Å². The molecule has 0 radical (unpaired) electrons. The van der Waals surface area contributed by atoms with Gasteiger partial charge in [-0.1, -0.05) is 13.8 Å². The van der Waals surface area contributed by atoms with Crippen LogP contribution in [0.25, 0.3) is 0 Å². The van der Waals surface area contributed by atoms with Crippen LogP contribution < -0.4 is 9.62 Å². The number of imide groups is 1. The van der Waals surface area contributed by atoms with Gasteiger partial charge in [0, 0.05) is 25.4 Å². The number of nitrogens with zero attached hydrogens (tertiary/aromatic N) is 2. The van der Waals surface area contributed by atoms with E-state index in [2.05, 4.69) is 23.5 Å². The molecule has 2 fully saturated rings. The molecule has 1 aromatic rings. The molecule has 2 amide bonds. The largest absolute Gasteiger partial charge is 0.299 e. The molecule has 148 valence electrons. The van der Waals surface area contributed by atoms with Gasteiger partial charge in [-0.15, -0.1) is 0 Å². The average Bonchev–Trinajstić information content (AvgIpc) is 3.25. The fourth-order valence-electron chi connectivity index (χ4n) is 3.78. The molecule has 0 saturated carbocycles. The van der Waals surface area contributed by atoms with Crippen molar-refractivity contribution in [2.24, 2.45) is 5.92 Å². The van der Waals surface area contributed by atoms with Gasteiger partial charge in [0.2, 0.25) is 21.8 Å². The molecule has 2 aliphatic rings. The van der Waals surface area contributed by atoms with Crippen LogP contribution in [0.1, 0.15) is 39.5 Å². The van der Waals surface area contributed by atoms with Gasteiger partial charge in [-0.05, 0) is 56.1 Å². The summed E-state index contributed by atoms with van der Waals surface area (Å²) in [5, 5.41) is 0. The van der Waals surface area contributed by atoms with Crippen LogP contribution in [0.2, 0.25) is 0 Å². The fourth-order valence-corrected chi connectivity index (χ4v) is 4.83. The summed E-state index contributed by atoms with van der Waals surface area (Å²) in [6, 6.07) is 6.07. The summed E-state index contributed by atoms with van der Waals surface area (Å²) in [6.45, 7) is 6.60.